The Balaban J connectivity index is 2.45. The number of hydrogen-bond donors (Lipinski definition) is 0. The molecule has 0 unspecified atom stereocenters. The summed E-state index contributed by atoms with van der Waals surface area (Å²) in [7, 11) is 0. The van der Waals surface area contributed by atoms with E-state index in [4.69, 9.17) is 0 Å². The molecule has 0 fully saturated rings. The first-order valence-electron chi connectivity index (χ1n) is 3.19. The molecule has 0 saturated carbocycles. The van der Waals surface area contributed by atoms with Crippen molar-refractivity contribution in [2.45, 2.75) is 12.8 Å². The topological polar surface area (TPSA) is 0 Å². The molecule has 2 radical (unpaired) electrons. The first kappa shape index (κ1) is 6.34. The van der Waals surface area contributed by atoms with E-state index in [2.05, 4.69) is 18.6 Å². The third-order valence-electron chi connectivity index (χ3n) is 1.13. The van der Waals surface area contributed by atoms with E-state index < -0.39 is 0 Å². The Hall–Kier alpha value is -0.780. The first-order valence-corrected chi connectivity index (χ1v) is 3.19. The summed E-state index contributed by atoms with van der Waals surface area (Å²) in [5, 5.41) is 0. The maximum atomic E-state index is 3.21. The molecule has 1 aliphatic rings. The lowest BCUT2D eigenvalue weighted by Crippen LogP contribution is -1.67. The molecule has 0 heteroatoms. The van der Waals surface area contributed by atoms with Crippen molar-refractivity contribution in [3.63, 3.8) is 0 Å². The van der Waals surface area contributed by atoms with E-state index in [0.717, 1.165) is 12.8 Å². The molecule has 0 aromatic rings. The zero-order chi connectivity index (χ0) is 6.36. The summed E-state index contributed by atoms with van der Waals surface area (Å²) in [6.45, 7) is 0. The zero-order valence-electron chi connectivity index (χ0n) is 5.38. The summed E-state index contributed by atoms with van der Waals surface area (Å²) in [4.78, 5) is 0. The van der Waals surface area contributed by atoms with Crippen LogP contribution < -0.4 is 0 Å². The van der Waals surface area contributed by atoms with E-state index in [1.165, 1.54) is 0 Å². The van der Waals surface area contributed by atoms with Gasteiger partial charge in [-0.05, 0) is 19.3 Å². The Morgan fingerprint density at radius 1 is 0.778 bits per heavy atom. The molecule has 1 aliphatic carbocycles. The third-order valence-corrected chi connectivity index (χ3v) is 1.13. The van der Waals surface area contributed by atoms with Gasteiger partial charge in [0, 0.05) is 0 Å². The maximum Gasteiger partial charge on any atom is -0.00920 e. The van der Waals surface area contributed by atoms with Crippen LogP contribution in [0.15, 0.2) is 36.5 Å². The van der Waals surface area contributed by atoms with Gasteiger partial charge in [0.2, 0.25) is 0 Å². The van der Waals surface area contributed by atoms with Crippen LogP contribution in [0.3, 0.4) is 0 Å². The van der Waals surface area contributed by atoms with E-state index in [1.807, 2.05) is 24.3 Å². The largest absolute Gasteiger partial charge is 0.0839 e. The third kappa shape index (κ3) is 2.91. The molecule has 0 nitrogen and oxygen atoms in total. The van der Waals surface area contributed by atoms with E-state index >= 15 is 0 Å². The average Bonchev–Trinajstić information content (AvgIpc) is 2.00. The fourth-order valence-electron chi connectivity index (χ4n) is 0.672. The number of rotatable bonds is 0. The quantitative estimate of drug-likeness (QED) is 0.458. The van der Waals surface area contributed by atoms with Gasteiger partial charge < -0.3 is 0 Å². The second-order valence-electron chi connectivity index (χ2n) is 1.90. The molecule has 0 spiro atoms. The van der Waals surface area contributed by atoms with Crippen molar-refractivity contribution in [3.8, 4) is 0 Å². The minimum Gasteiger partial charge on any atom is -0.0839 e. The van der Waals surface area contributed by atoms with Gasteiger partial charge in [0.15, 0.2) is 0 Å². The van der Waals surface area contributed by atoms with E-state index in [0.29, 0.717) is 0 Å². The monoisotopic (exact) mass is 118 g/mol. The van der Waals surface area contributed by atoms with Crippen molar-refractivity contribution in [2.24, 2.45) is 0 Å². The second-order valence-corrected chi connectivity index (χ2v) is 1.90. The van der Waals surface area contributed by atoms with Gasteiger partial charge in [-0.3, -0.25) is 0 Å². The van der Waals surface area contributed by atoms with Gasteiger partial charge in [-0.15, -0.1) is 0 Å². The minimum atomic E-state index is 0.967. The Bertz CT molecular complexity index is 122. The van der Waals surface area contributed by atoms with Crippen molar-refractivity contribution in [1.82, 2.24) is 0 Å². The van der Waals surface area contributed by atoms with Crippen molar-refractivity contribution in [1.29, 1.82) is 0 Å². The van der Waals surface area contributed by atoms with Crippen LogP contribution in [-0.2, 0) is 0 Å². The first-order chi connectivity index (χ1) is 4.50. The van der Waals surface area contributed by atoms with Gasteiger partial charge in [0.05, 0.1) is 0 Å². The van der Waals surface area contributed by atoms with Gasteiger partial charge in [0.1, 0.15) is 0 Å². The highest BCUT2D eigenvalue weighted by atomic mass is 13.9. The fourth-order valence-corrected chi connectivity index (χ4v) is 0.672. The molecule has 46 valence electrons. The van der Waals surface area contributed by atoms with Crippen LogP contribution in [0.4, 0.5) is 0 Å². The molecule has 0 aromatic carbocycles. The predicted molar refractivity (Wildman–Crippen MR) is 39.9 cm³/mol. The maximum absolute atomic E-state index is 3.21. The fraction of sp³-hybridized carbons (Fsp3) is 0.222. The van der Waals surface area contributed by atoms with Gasteiger partial charge in [-0.25, -0.2) is 0 Å². The lowest BCUT2D eigenvalue weighted by molar-refractivity contribution is 1.11. The van der Waals surface area contributed by atoms with Gasteiger partial charge in [-0.2, -0.15) is 0 Å². The molecule has 0 bridgehead atoms. The molecule has 0 heterocycles. The highest BCUT2D eigenvalue weighted by Gasteiger charge is 1.81. The molecule has 0 saturated heterocycles. The predicted octanol–water partition coefficient (Wildman–Crippen LogP) is 2.53. The zero-order valence-corrected chi connectivity index (χ0v) is 5.38. The lowest BCUT2D eigenvalue weighted by atomic mass is 10.2. The normalized spacial score (nSPS) is 29.3. The highest BCUT2D eigenvalue weighted by Crippen LogP contribution is 1.98. The van der Waals surface area contributed by atoms with Gasteiger partial charge >= 0.3 is 0 Å². The van der Waals surface area contributed by atoms with Crippen molar-refractivity contribution >= 4 is 0 Å². The lowest BCUT2D eigenvalue weighted by Gasteiger charge is -1.84. The van der Waals surface area contributed by atoms with E-state index in [-0.39, 0.29) is 0 Å². The van der Waals surface area contributed by atoms with Crippen molar-refractivity contribution < 1.29 is 0 Å². The van der Waals surface area contributed by atoms with Gasteiger partial charge in [-0.1, -0.05) is 36.5 Å². The molecule has 0 aliphatic heterocycles. The van der Waals surface area contributed by atoms with E-state index in [9.17, 15) is 0 Å². The standard InChI is InChI=1S/C9H10/c1-2-4-6-8-9-7-5-3-1/h1-6H,7-8H2/b2-1-,5-3-,6-4-. The van der Waals surface area contributed by atoms with Crippen LogP contribution >= 0.6 is 0 Å². The van der Waals surface area contributed by atoms with Crippen molar-refractivity contribution in [2.75, 3.05) is 0 Å². The minimum absolute atomic E-state index is 0.967. The second kappa shape index (κ2) is 4.13. The molecule has 0 aromatic heterocycles. The summed E-state index contributed by atoms with van der Waals surface area (Å²) in [5.41, 5.74) is 0. The Kier molecular flexibility index (Phi) is 2.91. The van der Waals surface area contributed by atoms with Crippen LogP contribution in [0.2, 0.25) is 0 Å². The summed E-state index contributed by atoms with van der Waals surface area (Å²) >= 11 is 0. The Labute approximate surface area is 56.6 Å². The molecule has 0 amide bonds. The van der Waals surface area contributed by atoms with Crippen LogP contribution in [0.5, 0.6) is 0 Å². The van der Waals surface area contributed by atoms with Crippen molar-refractivity contribution in [3.05, 3.63) is 42.9 Å². The summed E-state index contributed by atoms with van der Waals surface area (Å²) in [6.07, 6.45) is 17.5. The van der Waals surface area contributed by atoms with Crippen LogP contribution in [0, 0.1) is 6.42 Å². The molecular weight excluding hydrogens is 108 g/mol. The Morgan fingerprint density at radius 3 is 1.89 bits per heavy atom. The van der Waals surface area contributed by atoms with E-state index in [1.54, 1.807) is 0 Å². The summed E-state index contributed by atoms with van der Waals surface area (Å²) in [5.74, 6) is 0. The Morgan fingerprint density at radius 2 is 1.33 bits per heavy atom. The smallest absolute Gasteiger partial charge is 0.00920 e. The summed E-state index contributed by atoms with van der Waals surface area (Å²) in [6, 6.07) is 0. The molecule has 0 N–H and O–H groups in total. The SMILES string of the molecule is [C]1C\C=C/C=C\C=C/C1. The molecule has 9 heavy (non-hydrogen) atoms. The van der Waals surface area contributed by atoms with Crippen LogP contribution in [0.1, 0.15) is 12.8 Å². The number of hydrogen-bond acceptors (Lipinski definition) is 0. The number of allylic oxidation sites excluding steroid dienone is 6. The molecule has 1 rings (SSSR count). The van der Waals surface area contributed by atoms with Crippen LogP contribution in [-0.4, -0.2) is 0 Å². The highest BCUT2D eigenvalue weighted by molar-refractivity contribution is 5.13. The van der Waals surface area contributed by atoms with Crippen LogP contribution in [0.25, 0.3) is 0 Å². The van der Waals surface area contributed by atoms with Gasteiger partial charge in [0.25, 0.3) is 0 Å². The summed E-state index contributed by atoms with van der Waals surface area (Å²) < 4.78 is 0. The molecular formula is C9H10. The molecule has 0 atom stereocenters. The average molecular weight is 118 g/mol.